The summed E-state index contributed by atoms with van der Waals surface area (Å²) < 4.78 is 7.05. The lowest BCUT2D eigenvalue weighted by atomic mass is 10.2. The largest absolute Gasteiger partial charge is 0.508 e. The van der Waals surface area contributed by atoms with Gasteiger partial charge in [0.15, 0.2) is 5.76 Å². The summed E-state index contributed by atoms with van der Waals surface area (Å²) in [7, 11) is 0. The van der Waals surface area contributed by atoms with Gasteiger partial charge in [0, 0.05) is 22.6 Å². The SMILES string of the molecule is Cc1cc(/C=N\NC(=O)c2ccco2)c(C)n1-c1ccc(O)cc1. The van der Waals surface area contributed by atoms with Crippen molar-refractivity contribution >= 4 is 12.1 Å². The molecule has 0 bridgehead atoms. The highest BCUT2D eigenvalue weighted by Crippen LogP contribution is 2.21. The van der Waals surface area contributed by atoms with E-state index in [9.17, 15) is 9.90 Å². The molecule has 2 N–H and O–H groups in total. The molecule has 0 atom stereocenters. The number of aromatic nitrogens is 1. The number of phenols is 1. The van der Waals surface area contributed by atoms with Gasteiger partial charge >= 0.3 is 5.91 Å². The average Bonchev–Trinajstić information content (AvgIpc) is 3.18. The first-order chi connectivity index (χ1) is 11.6. The van der Waals surface area contributed by atoms with Gasteiger partial charge in [0.25, 0.3) is 0 Å². The Labute approximate surface area is 139 Å². The van der Waals surface area contributed by atoms with Crippen molar-refractivity contribution < 1.29 is 14.3 Å². The number of benzene rings is 1. The van der Waals surface area contributed by atoms with Gasteiger partial charge in [0.05, 0.1) is 12.5 Å². The molecule has 6 nitrogen and oxygen atoms in total. The van der Waals surface area contributed by atoms with Crippen LogP contribution in [0.3, 0.4) is 0 Å². The molecule has 3 rings (SSSR count). The fraction of sp³-hybridized carbons (Fsp3) is 0.111. The Balaban J connectivity index is 1.80. The van der Waals surface area contributed by atoms with Gasteiger partial charge < -0.3 is 14.1 Å². The van der Waals surface area contributed by atoms with Crippen molar-refractivity contribution in [2.75, 3.05) is 0 Å². The Kier molecular flexibility index (Phi) is 4.20. The third-order valence-electron chi connectivity index (χ3n) is 3.69. The second kappa shape index (κ2) is 6.45. The van der Waals surface area contributed by atoms with Gasteiger partial charge in [-0.3, -0.25) is 4.79 Å². The molecule has 0 fully saturated rings. The lowest BCUT2D eigenvalue weighted by Gasteiger charge is -2.09. The normalized spacial score (nSPS) is 11.1. The van der Waals surface area contributed by atoms with Crippen LogP contribution in [-0.2, 0) is 0 Å². The molecular weight excluding hydrogens is 306 g/mol. The van der Waals surface area contributed by atoms with E-state index in [0.29, 0.717) is 0 Å². The molecule has 0 saturated heterocycles. The quantitative estimate of drug-likeness (QED) is 0.572. The number of aryl methyl sites for hydroxylation is 1. The highest BCUT2D eigenvalue weighted by molar-refractivity contribution is 5.92. The Morgan fingerprint density at radius 1 is 1.25 bits per heavy atom. The molecule has 0 aliphatic heterocycles. The van der Waals surface area contributed by atoms with E-state index in [4.69, 9.17) is 4.42 Å². The van der Waals surface area contributed by atoms with E-state index < -0.39 is 5.91 Å². The molecule has 2 aromatic heterocycles. The van der Waals surface area contributed by atoms with Crippen molar-refractivity contribution in [2.45, 2.75) is 13.8 Å². The first-order valence-electron chi connectivity index (χ1n) is 7.41. The number of phenolic OH excluding ortho intramolecular Hbond substituents is 1. The second-order valence-corrected chi connectivity index (χ2v) is 5.35. The molecule has 2 heterocycles. The van der Waals surface area contributed by atoms with Crippen LogP contribution in [0, 0.1) is 13.8 Å². The van der Waals surface area contributed by atoms with E-state index in [1.165, 1.54) is 6.26 Å². The molecule has 1 amide bonds. The average molecular weight is 323 g/mol. The minimum Gasteiger partial charge on any atom is -0.508 e. The topological polar surface area (TPSA) is 79.8 Å². The maximum Gasteiger partial charge on any atom is 0.307 e. The van der Waals surface area contributed by atoms with Crippen LogP contribution in [0.2, 0.25) is 0 Å². The predicted molar refractivity (Wildman–Crippen MR) is 90.7 cm³/mol. The van der Waals surface area contributed by atoms with Gasteiger partial charge in [-0.25, -0.2) is 5.43 Å². The van der Waals surface area contributed by atoms with Crippen molar-refractivity contribution in [1.29, 1.82) is 0 Å². The minimum absolute atomic E-state index is 0.210. The summed E-state index contributed by atoms with van der Waals surface area (Å²) in [6.45, 7) is 3.95. The van der Waals surface area contributed by atoms with Gasteiger partial charge in [-0.05, 0) is 56.3 Å². The summed E-state index contributed by atoms with van der Waals surface area (Å²) >= 11 is 0. The summed E-state index contributed by atoms with van der Waals surface area (Å²) in [5.74, 6) is 0.0361. The molecule has 0 aliphatic carbocycles. The molecule has 0 spiro atoms. The van der Waals surface area contributed by atoms with E-state index >= 15 is 0 Å². The number of amides is 1. The molecule has 1 aromatic carbocycles. The predicted octanol–water partition coefficient (Wildman–Crippen LogP) is 3.16. The molecule has 122 valence electrons. The van der Waals surface area contributed by atoms with E-state index in [2.05, 4.69) is 15.1 Å². The van der Waals surface area contributed by atoms with E-state index in [1.807, 2.05) is 32.0 Å². The Bertz CT molecular complexity index is 875. The number of carbonyl (C=O) groups excluding carboxylic acids is 1. The Morgan fingerprint density at radius 3 is 2.67 bits per heavy atom. The zero-order chi connectivity index (χ0) is 17.1. The molecule has 0 aliphatic rings. The lowest BCUT2D eigenvalue weighted by Crippen LogP contribution is -2.16. The van der Waals surface area contributed by atoms with Crippen LogP contribution in [0.25, 0.3) is 5.69 Å². The number of nitrogens with zero attached hydrogens (tertiary/aromatic N) is 2. The first-order valence-corrected chi connectivity index (χ1v) is 7.41. The van der Waals surface area contributed by atoms with Gasteiger partial charge in [-0.1, -0.05) is 0 Å². The lowest BCUT2D eigenvalue weighted by molar-refractivity contribution is 0.0927. The van der Waals surface area contributed by atoms with Crippen molar-refractivity contribution in [2.24, 2.45) is 5.10 Å². The maximum absolute atomic E-state index is 11.8. The van der Waals surface area contributed by atoms with Crippen LogP contribution in [0.4, 0.5) is 0 Å². The summed E-state index contributed by atoms with van der Waals surface area (Å²) in [5, 5.41) is 13.4. The summed E-state index contributed by atoms with van der Waals surface area (Å²) in [6.07, 6.45) is 3.03. The van der Waals surface area contributed by atoms with Gasteiger partial charge in [0.2, 0.25) is 0 Å². The van der Waals surface area contributed by atoms with E-state index in [1.54, 1.807) is 30.5 Å². The van der Waals surface area contributed by atoms with Crippen molar-refractivity contribution in [1.82, 2.24) is 9.99 Å². The standard InChI is InChI=1S/C18H17N3O3/c1-12-10-14(11-19-20-18(23)17-4-3-9-24-17)13(2)21(12)15-5-7-16(22)8-6-15/h3-11,22H,1-2H3,(H,20,23)/b19-11-. The van der Waals surface area contributed by atoms with E-state index in [-0.39, 0.29) is 11.5 Å². The van der Waals surface area contributed by atoms with Crippen LogP contribution in [0.5, 0.6) is 5.75 Å². The van der Waals surface area contributed by atoms with Gasteiger partial charge in [-0.15, -0.1) is 0 Å². The van der Waals surface area contributed by atoms with Crippen LogP contribution in [0.15, 0.2) is 58.2 Å². The highest BCUT2D eigenvalue weighted by atomic mass is 16.3. The third kappa shape index (κ3) is 3.08. The van der Waals surface area contributed by atoms with Gasteiger partial charge in [-0.2, -0.15) is 5.10 Å². The number of aromatic hydroxyl groups is 1. The third-order valence-corrected chi connectivity index (χ3v) is 3.69. The number of hydrazone groups is 1. The molecule has 24 heavy (non-hydrogen) atoms. The van der Waals surface area contributed by atoms with Crippen molar-refractivity contribution in [3.63, 3.8) is 0 Å². The Hall–Kier alpha value is -3.28. The molecule has 3 aromatic rings. The van der Waals surface area contributed by atoms with Gasteiger partial charge in [0.1, 0.15) is 5.75 Å². The number of hydrogen-bond acceptors (Lipinski definition) is 4. The summed E-state index contributed by atoms with van der Waals surface area (Å²) in [5.41, 5.74) is 6.27. The molecule has 0 unspecified atom stereocenters. The van der Waals surface area contributed by atoms with Crippen LogP contribution in [0.1, 0.15) is 27.5 Å². The summed E-state index contributed by atoms with van der Waals surface area (Å²) in [4.78, 5) is 11.8. The monoisotopic (exact) mass is 323 g/mol. The highest BCUT2D eigenvalue weighted by Gasteiger charge is 2.10. The van der Waals surface area contributed by atoms with Crippen molar-refractivity contribution in [3.05, 3.63) is 71.4 Å². The van der Waals surface area contributed by atoms with Crippen LogP contribution < -0.4 is 5.43 Å². The molecular formula is C18H17N3O3. The molecule has 0 saturated carbocycles. The number of furan rings is 1. The zero-order valence-electron chi connectivity index (χ0n) is 13.4. The molecule has 6 heteroatoms. The van der Waals surface area contributed by atoms with Crippen LogP contribution in [-0.4, -0.2) is 21.8 Å². The Morgan fingerprint density at radius 2 is 2.00 bits per heavy atom. The number of nitrogens with one attached hydrogen (secondary N) is 1. The summed E-state index contributed by atoms with van der Waals surface area (Å²) in [6, 6.07) is 12.2. The fourth-order valence-electron chi connectivity index (χ4n) is 2.54. The smallest absolute Gasteiger partial charge is 0.307 e. The molecule has 0 radical (unpaired) electrons. The number of hydrogen-bond donors (Lipinski definition) is 2. The zero-order valence-corrected chi connectivity index (χ0v) is 13.4. The van der Waals surface area contributed by atoms with Crippen LogP contribution >= 0.6 is 0 Å². The second-order valence-electron chi connectivity index (χ2n) is 5.35. The first kappa shape index (κ1) is 15.6. The van der Waals surface area contributed by atoms with Crippen molar-refractivity contribution in [3.8, 4) is 11.4 Å². The minimum atomic E-state index is -0.399. The maximum atomic E-state index is 11.8. The number of carbonyl (C=O) groups is 1. The number of rotatable bonds is 4. The van der Waals surface area contributed by atoms with E-state index in [0.717, 1.165) is 22.6 Å². The fourth-order valence-corrected chi connectivity index (χ4v) is 2.54.